The van der Waals surface area contributed by atoms with Crippen LogP contribution in [0.3, 0.4) is 0 Å². The Kier molecular flexibility index (Phi) is 5.42. The molecule has 1 aromatic heterocycles. The number of rotatable bonds is 7. The van der Waals surface area contributed by atoms with E-state index in [9.17, 15) is 0 Å². The average Bonchev–Trinajstić information content (AvgIpc) is 2.92. The molecule has 0 bridgehead atoms. The Labute approximate surface area is 121 Å². The highest BCUT2D eigenvalue weighted by atomic mass is 79.9. The van der Waals surface area contributed by atoms with Gasteiger partial charge in [0.05, 0.1) is 12.9 Å². The molecular weight excluding hydrogens is 306 g/mol. The third kappa shape index (κ3) is 4.36. The number of hydrogen-bond donors (Lipinski definition) is 1. The second-order valence-corrected chi connectivity index (χ2v) is 5.15. The average molecular weight is 324 g/mol. The first kappa shape index (κ1) is 14.1. The maximum Gasteiger partial charge on any atom is 0.119 e. The van der Waals surface area contributed by atoms with E-state index in [1.807, 2.05) is 35.3 Å². The summed E-state index contributed by atoms with van der Waals surface area (Å²) in [7, 11) is 0. The van der Waals surface area contributed by atoms with Gasteiger partial charge in [-0.3, -0.25) is 0 Å². The van der Waals surface area contributed by atoms with E-state index in [4.69, 9.17) is 10.5 Å². The molecule has 4 nitrogen and oxygen atoms in total. The summed E-state index contributed by atoms with van der Waals surface area (Å²) in [6.45, 7) is 2.26. The van der Waals surface area contributed by atoms with Gasteiger partial charge < -0.3 is 15.0 Å². The Morgan fingerprint density at radius 2 is 2.26 bits per heavy atom. The van der Waals surface area contributed by atoms with Gasteiger partial charge in [-0.25, -0.2) is 4.98 Å². The molecule has 0 aliphatic rings. The van der Waals surface area contributed by atoms with Crippen LogP contribution in [0.15, 0.2) is 41.4 Å². The number of nitrogens with zero attached hydrogens (tertiary/aromatic N) is 2. The van der Waals surface area contributed by atoms with E-state index in [1.165, 1.54) is 5.56 Å². The number of ether oxygens (including phenoxy) is 1. The topological polar surface area (TPSA) is 53.1 Å². The van der Waals surface area contributed by atoms with Crippen molar-refractivity contribution in [3.8, 4) is 5.75 Å². The normalized spacial score (nSPS) is 10.6. The lowest BCUT2D eigenvalue weighted by Gasteiger charge is -2.09. The van der Waals surface area contributed by atoms with Gasteiger partial charge in [-0.1, -0.05) is 15.9 Å². The smallest absolute Gasteiger partial charge is 0.119 e. The first-order chi connectivity index (χ1) is 9.29. The number of halogens is 1. The molecule has 0 saturated heterocycles. The van der Waals surface area contributed by atoms with Gasteiger partial charge in [0.25, 0.3) is 0 Å². The summed E-state index contributed by atoms with van der Waals surface area (Å²) in [4.78, 5) is 4.01. The zero-order valence-electron chi connectivity index (χ0n) is 10.8. The number of benzene rings is 1. The number of aryl methyl sites for hydroxylation is 1. The summed E-state index contributed by atoms with van der Waals surface area (Å²) in [5.41, 5.74) is 6.77. The molecule has 0 amide bonds. The van der Waals surface area contributed by atoms with Crippen LogP contribution < -0.4 is 10.5 Å². The summed E-state index contributed by atoms with van der Waals surface area (Å²) in [6, 6.07) is 6.03. The minimum Gasteiger partial charge on any atom is -0.494 e. The zero-order valence-corrected chi connectivity index (χ0v) is 12.3. The predicted molar refractivity (Wildman–Crippen MR) is 79.2 cm³/mol. The summed E-state index contributed by atoms with van der Waals surface area (Å²) in [5.74, 6) is 0.900. The second-order valence-electron chi connectivity index (χ2n) is 4.29. The van der Waals surface area contributed by atoms with Crippen molar-refractivity contribution in [1.82, 2.24) is 9.55 Å². The molecule has 5 heteroatoms. The Bertz CT molecular complexity index is 499. The van der Waals surface area contributed by atoms with Crippen molar-refractivity contribution >= 4 is 15.9 Å². The molecule has 0 fully saturated rings. The lowest BCUT2D eigenvalue weighted by atomic mass is 10.1. The molecule has 102 valence electrons. The molecule has 2 rings (SSSR count). The fourth-order valence-electron chi connectivity index (χ4n) is 1.84. The third-order valence-corrected chi connectivity index (χ3v) is 3.59. The second kappa shape index (κ2) is 7.31. The van der Waals surface area contributed by atoms with E-state index in [-0.39, 0.29) is 0 Å². The van der Waals surface area contributed by atoms with Crippen molar-refractivity contribution in [3.63, 3.8) is 0 Å². The highest BCUT2D eigenvalue weighted by molar-refractivity contribution is 9.10. The van der Waals surface area contributed by atoms with Crippen LogP contribution in [0, 0.1) is 0 Å². The van der Waals surface area contributed by atoms with Crippen molar-refractivity contribution in [3.05, 3.63) is 47.0 Å². The lowest BCUT2D eigenvalue weighted by Crippen LogP contribution is -2.05. The summed E-state index contributed by atoms with van der Waals surface area (Å²) in [5, 5.41) is 0. The maximum atomic E-state index is 5.75. The molecule has 0 unspecified atom stereocenters. The fraction of sp³-hybridized carbons (Fsp3) is 0.357. The maximum absolute atomic E-state index is 5.75. The van der Waals surface area contributed by atoms with Gasteiger partial charge in [-0.2, -0.15) is 0 Å². The SMILES string of the molecule is NCCc1cc(OCCCn2ccnc2)ccc1Br. The molecule has 2 aromatic rings. The summed E-state index contributed by atoms with van der Waals surface area (Å²) in [6.07, 6.45) is 7.37. The van der Waals surface area contributed by atoms with E-state index in [0.29, 0.717) is 13.2 Å². The number of imidazole rings is 1. The van der Waals surface area contributed by atoms with E-state index in [2.05, 4.69) is 20.9 Å². The first-order valence-corrected chi connectivity index (χ1v) is 7.16. The van der Waals surface area contributed by atoms with Gasteiger partial charge in [0.15, 0.2) is 0 Å². The van der Waals surface area contributed by atoms with Crippen LogP contribution in [-0.4, -0.2) is 22.7 Å². The van der Waals surface area contributed by atoms with E-state index in [1.54, 1.807) is 6.20 Å². The van der Waals surface area contributed by atoms with Crippen LogP contribution in [0.4, 0.5) is 0 Å². The zero-order chi connectivity index (χ0) is 13.5. The molecule has 0 atom stereocenters. The molecule has 0 radical (unpaired) electrons. The summed E-state index contributed by atoms with van der Waals surface area (Å²) >= 11 is 3.52. The first-order valence-electron chi connectivity index (χ1n) is 6.36. The van der Waals surface area contributed by atoms with Crippen LogP contribution in [0.2, 0.25) is 0 Å². The van der Waals surface area contributed by atoms with Crippen molar-refractivity contribution in [2.75, 3.05) is 13.2 Å². The molecule has 0 aliphatic heterocycles. The predicted octanol–water partition coefficient (Wildman–Crippen LogP) is 2.62. The van der Waals surface area contributed by atoms with Gasteiger partial charge in [0.1, 0.15) is 5.75 Å². The number of aromatic nitrogens is 2. The number of hydrogen-bond acceptors (Lipinski definition) is 3. The van der Waals surface area contributed by atoms with Crippen LogP contribution >= 0.6 is 15.9 Å². The van der Waals surface area contributed by atoms with Crippen molar-refractivity contribution < 1.29 is 4.74 Å². The van der Waals surface area contributed by atoms with Gasteiger partial charge in [0.2, 0.25) is 0 Å². The van der Waals surface area contributed by atoms with Crippen LogP contribution in [0.1, 0.15) is 12.0 Å². The van der Waals surface area contributed by atoms with Crippen LogP contribution in [0.5, 0.6) is 5.75 Å². The van der Waals surface area contributed by atoms with Gasteiger partial charge in [-0.15, -0.1) is 0 Å². The molecule has 1 heterocycles. The van der Waals surface area contributed by atoms with Gasteiger partial charge in [0, 0.05) is 23.4 Å². The molecule has 1 aromatic carbocycles. The number of nitrogens with two attached hydrogens (primary N) is 1. The van der Waals surface area contributed by atoms with Crippen LogP contribution in [-0.2, 0) is 13.0 Å². The molecule has 0 spiro atoms. The fourth-order valence-corrected chi connectivity index (χ4v) is 2.29. The molecule has 0 aliphatic carbocycles. The summed E-state index contributed by atoms with van der Waals surface area (Å²) < 4.78 is 8.88. The monoisotopic (exact) mass is 323 g/mol. The molecular formula is C14H18BrN3O. The molecule has 19 heavy (non-hydrogen) atoms. The Hall–Kier alpha value is -1.33. The minimum absolute atomic E-state index is 0.642. The Morgan fingerprint density at radius 3 is 3.00 bits per heavy atom. The lowest BCUT2D eigenvalue weighted by molar-refractivity contribution is 0.301. The van der Waals surface area contributed by atoms with Crippen LogP contribution in [0.25, 0.3) is 0 Å². The largest absolute Gasteiger partial charge is 0.494 e. The van der Waals surface area contributed by atoms with E-state index in [0.717, 1.165) is 29.6 Å². The van der Waals surface area contributed by atoms with Gasteiger partial charge in [-0.05, 0) is 43.1 Å². The van der Waals surface area contributed by atoms with E-state index < -0.39 is 0 Å². The highest BCUT2D eigenvalue weighted by Crippen LogP contribution is 2.23. The molecule has 0 saturated carbocycles. The Morgan fingerprint density at radius 1 is 1.37 bits per heavy atom. The van der Waals surface area contributed by atoms with Gasteiger partial charge >= 0.3 is 0 Å². The minimum atomic E-state index is 0.642. The van der Waals surface area contributed by atoms with Crippen molar-refractivity contribution in [2.45, 2.75) is 19.4 Å². The molecule has 2 N–H and O–H groups in total. The standard InChI is InChI=1S/C14H18BrN3O/c15-14-3-2-13(10-12(14)4-5-16)19-9-1-7-18-8-6-17-11-18/h2-3,6,8,10-11H,1,4-5,7,9,16H2. The third-order valence-electron chi connectivity index (χ3n) is 2.82. The van der Waals surface area contributed by atoms with Crippen molar-refractivity contribution in [2.24, 2.45) is 5.73 Å². The highest BCUT2D eigenvalue weighted by Gasteiger charge is 2.02. The Balaban J connectivity index is 1.80. The quantitative estimate of drug-likeness (QED) is 0.797. The van der Waals surface area contributed by atoms with Crippen molar-refractivity contribution in [1.29, 1.82) is 0 Å². The van der Waals surface area contributed by atoms with E-state index >= 15 is 0 Å².